The lowest BCUT2D eigenvalue weighted by Crippen LogP contribution is -2.42. The number of piperidine rings is 1. The van der Waals surface area contributed by atoms with Crippen molar-refractivity contribution in [2.45, 2.75) is 44.9 Å². The second-order valence-electron chi connectivity index (χ2n) is 8.08. The third kappa shape index (κ3) is 5.04. The van der Waals surface area contributed by atoms with Crippen molar-refractivity contribution in [3.05, 3.63) is 23.9 Å². The number of rotatable bonds is 6. The number of sulfone groups is 1. The Morgan fingerprint density at radius 1 is 1.28 bits per heavy atom. The highest BCUT2D eigenvalue weighted by Gasteiger charge is 2.26. The van der Waals surface area contributed by atoms with Crippen molar-refractivity contribution in [2.24, 2.45) is 11.8 Å². The monoisotopic (exact) mass is 418 g/mol. The second kappa shape index (κ2) is 8.65. The highest BCUT2D eigenvalue weighted by molar-refractivity contribution is 7.90. The van der Waals surface area contributed by atoms with E-state index < -0.39 is 9.84 Å². The number of carbonyl (C=O) groups excluding carboxylic acids is 1. The summed E-state index contributed by atoms with van der Waals surface area (Å²) in [6.07, 6.45) is 3.77. The van der Waals surface area contributed by atoms with E-state index in [1.165, 1.54) is 6.26 Å². The zero-order chi connectivity index (χ0) is 21.2. The van der Waals surface area contributed by atoms with Crippen molar-refractivity contribution in [1.82, 2.24) is 15.3 Å². The molecule has 1 N–H and O–H groups in total. The summed E-state index contributed by atoms with van der Waals surface area (Å²) in [6.45, 7) is 8.31. The van der Waals surface area contributed by atoms with Gasteiger partial charge < -0.3 is 10.2 Å². The first-order valence-corrected chi connectivity index (χ1v) is 12.1. The van der Waals surface area contributed by atoms with E-state index in [9.17, 15) is 13.2 Å². The molecule has 1 aliphatic heterocycles. The molecule has 1 saturated heterocycles. The Hall–Kier alpha value is -2.22. The van der Waals surface area contributed by atoms with Crippen LogP contribution in [0.4, 0.5) is 5.95 Å². The van der Waals surface area contributed by atoms with Gasteiger partial charge in [0.25, 0.3) is 0 Å². The van der Waals surface area contributed by atoms with Crippen LogP contribution in [0.2, 0.25) is 0 Å². The molecular weight excluding hydrogens is 388 g/mol. The number of anilines is 1. The Morgan fingerprint density at radius 3 is 2.59 bits per heavy atom. The van der Waals surface area contributed by atoms with Gasteiger partial charge in [-0.25, -0.2) is 18.4 Å². The number of aromatic nitrogens is 2. The van der Waals surface area contributed by atoms with Gasteiger partial charge in [-0.05, 0) is 43.9 Å². The maximum Gasteiger partial charge on any atom is 0.226 e. The minimum Gasteiger partial charge on any atom is -0.356 e. The maximum atomic E-state index is 12.4. The molecule has 0 saturated carbocycles. The lowest BCUT2D eigenvalue weighted by Gasteiger charge is -2.31. The van der Waals surface area contributed by atoms with Crippen LogP contribution in [0, 0.1) is 18.8 Å². The molecule has 8 heteroatoms. The molecule has 0 aliphatic carbocycles. The zero-order valence-electron chi connectivity index (χ0n) is 17.6. The van der Waals surface area contributed by atoms with Gasteiger partial charge in [-0.3, -0.25) is 4.79 Å². The molecule has 1 unspecified atom stereocenters. The van der Waals surface area contributed by atoms with Gasteiger partial charge >= 0.3 is 0 Å². The van der Waals surface area contributed by atoms with Crippen molar-refractivity contribution in [1.29, 1.82) is 0 Å². The van der Waals surface area contributed by atoms with Gasteiger partial charge in [-0.1, -0.05) is 20.3 Å². The molecule has 0 bridgehead atoms. The highest BCUT2D eigenvalue weighted by atomic mass is 32.2. The first-order chi connectivity index (χ1) is 13.7. The molecular formula is C21H30N4O3S. The van der Waals surface area contributed by atoms with E-state index in [1.54, 1.807) is 18.2 Å². The topological polar surface area (TPSA) is 92.3 Å². The SMILES string of the molecule is CCC(C)CNC(=O)C1CCN(c2nc(C)c3ccc(S(C)(=O)=O)cc3n2)CC1. The standard InChI is InChI=1S/C21H30N4O3S/c1-5-14(2)13-22-20(26)16-8-10-25(11-9-16)21-23-15(3)18-7-6-17(29(4,27)28)12-19(18)24-21/h6-7,12,14,16H,5,8-11,13H2,1-4H3,(H,22,26). The van der Waals surface area contributed by atoms with E-state index in [4.69, 9.17) is 0 Å². The lowest BCUT2D eigenvalue weighted by atomic mass is 9.95. The van der Waals surface area contributed by atoms with Crippen molar-refractivity contribution < 1.29 is 13.2 Å². The van der Waals surface area contributed by atoms with Gasteiger partial charge in [0.15, 0.2) is 9.84 Å². The lowest BCUT2D eigenvalue weighted by molar-refractivity contribution is -0.125. The minimum absolute atomic E-state index is 0.0219. The molecule has 1 aliphatic rings. The molecule has 0 spiro atoms. The fraction of sp³-hybridized carbons (Fsp3) is 0.571. The molecule has 7 nitrogen and oxygen atoms in total. The summed E-state index contributed by atoms with van der Waals surface area (Å²) in [7, 11) is -3.29. The summed E-state index contributed by atoms with van der Waals surface area (Å²) in [4.78, 5) is 24.0. The Labute approximate surface area is 172 Å². The fourth-order valence-electron chi connectivity index (χ4n) is 3.53. The van der Waals surface area contributed by atoms with Crippen LogP contribution in [0.25, 0.3) is 10.9 Å². The second-order valence-corrected chi connectivity index (χ2v) is 10.1. The van der Waals surface area contributed by atoms with Gasteiger partial charge in [0.05, 0.1) is 16.1 Å². The van der Waals surface area contributed by atoms with Crippen LogP contribution in [0.3, 0.4) is 0 Å². The molecule has 2 heterocycles. The smallest absolute Gasteiger partial charge is 0.226 e. The van der Waals surface area contributed by atoms with E-state index in [-0.39, 0.29) is 16.7 Å². The van der Waals surface area contributed by atoms with E-state index >= 15 is 0 Å². The van der Waals surface area contributed by atoms with Gasteiger partial charge in [0.1, 0.15) is 0 Å². The predicted molar refractivity (Wildman–Crippen MR) is 115 cm³/mol. The summed E-state index contributed by atoms with van der Waals surface area (Å²) in [5.74, 6) is 1.25. The van der Waals surface area contributed by atoms with Crippen LogP contribution in [0.1, 0.15) is 38.8 Å². The molecule has 2 aromatic rings. The summed E-state index contributed by atoms with van der Waals surface area (Å²) >= 11 is 0. The summed E-state index contributed by atoms with van der Waals surface area (Å²) in [5, 5.41) is 3.91. The van der Waals surface area contributed by atoms with Crippen LogP contribution in [-0.4, -0.2) is 50.2 Å². The molecule has 158 valence electrons. The molecule has 1 atom stereocenters. The Kier molecular flexibility index (Phi) is 6.41. The maximum absolute atomic E-state index is 12.4. The van der Waals surface area contributed by atoms with Gasteiger partial charge in [0, 0.05) is 37.2 Å². The summed E-state index contributed by atoms with van der Waals surface area (Å²) in [6, 6.07) is 4.97. The van der Waals surface area contributed by atoms with Gasteiger partial charge in [-0.2, -0.15) is 0 Å². The van der Waals surface area contributed by atoms with Crippen LogP contribution >= 0.6 is 0 Å². The molecule has 0 radical (unpaired) electrons. The normalized spacial score (nSPS) is 16.8. The van der Waals surface area contributed by atoms with E-state index in [0.29, 0.717) is 30.5 Å². The van der Waals surface area contributed by atoms with Gasteiger partial charge in [-0.15, -0.1) is 0 Å². The number of nitrogens with zero attached hydrogens (tertiary/aromatic N) is 3. The minimum atomic E-state index is -3.29. The molecule has 1 amide bonds. The zero-order valence-corrected chi connectivity index (χ0v) is 18.4. The molecule has 3 rings (SSSR count). The predicted octanol–water partition coefficient (Wildman–Crippen LogP) is 2.72. The largest absolute Gasteiger partial charge is 0.356 e. The molecule has 1 fully saturated rings. The number of amides is 1. The van der Waals surface area contributed by atoms with E-state index in [2.05, 4.69) is 34.0 Å². The molecule has 1 aromatic heterocycles. The van der Waals surface area contributed by atoms with Crippen molar-refractivity contribution in [3.63, 3.8) is 0 Å². The number of nitrogens with one attached hydrogen (secondary N) is 1. The van der Waals surface area contributed by atoms with Gasteiger partial charge in [0.2, 0.25) is 11.9 Å². The van der Waals surface area contributed by atoms with Crippen molar-refractivity contribution in [2.75, 3.05) is 30.8 Å². The Bertz CT molecular complexity index is 998. The summed E-state index contributed by atoms with van der Waals surface area (Å²) in [5.41, 5.74) is 1.45. The Morgan fingerprint density at radius 2 is 1.97 bits per heavy atom. The quantitative estimate of drug-likeness (QED) is 0.775. The van der Waals surface area contributed by atoms with Crippen LogP contribution in [-0.2, 0) is 14.6 Å². The average molecular weight is 419 g/mol. The number of hydrogen-bond donors (Lipinski definition) is 1. The summed E-state index contributed by atoms with van der Waals surface area (Å²) < 4.78 is 23.7. The van der Waals surface area contributed by atoms with Crippen LogP contribution < -0.4 is 10.2 Å². The molecule has 29 heavy (non-hydrogen) atoms. The van der Waals surface area contributed by atoms with Crippen molar-refractivity contribution in [3.8, 4) is 0 Å². The Balaban J connectivity index is 1.72. The third-order valence-corrected chi connectivity index (χ3v) is 6.86. The highest BCUT2D eigenvalue weighted by Crippen LogP contribution is 2.25. The molecule has 1 aromatic carbocycles. The number of carbonyl (C=O) groups is 1. The van der Waals surface area contributed by atoms with Crippen LogP contribution in [0.5, 0.6) is 0 Å². The average Bonchev–Trinajstić information content (AvgIpc) is 2.70. The number of fused-ring (bicyclic) bond motifs is 1. The number of aryl methyl sites for hydroxylation is 1. The van der Waals surface area contributed by atoms with Crippen LogP contribution in [0.15, 0.2) is 23.1 Å². The first-order valence-electron chi connectivity index (χ1n) is 10.2. The third-order valence-electron chi connectivity index (χ3n) is 5.75. The van der Waals surface area contributed by atoms with E-state index in [1.807, 2.05) is 6.92 Å². The van der Waals surface area contributed by atoms with Crippen molar-refractivity contribution >= 4 is 32.6 Å². The van der Waals surface area contributed by atoms with E-state index in [0.717, 1.165) is 36.9 Å². The fourth-order valence-corrected chi connectivity index (χ4v) is 4.17. The number of hydrogen-bond acceptors (Lipinski definition) is 6. The first kappa shape index (κ1) is 21.5. The number of benzene rings is 1.